The van der Waals surface area contributed by atoms with Crippen molar-refractivity contribution in [1.29, 1.82) is 0 Å². The van der Waals surface area contributed by atoms with Crippen LogP contribution in [-0.4, -0.2) is 30.2 Å². The number of aryl methyl sites for hydroxylation is 2. The van der Waals surface area contributed by atoms with Crippen molar-refractivity contribution in [3.8, 4) is 0 Å². The van der Waals surface area contributed by atoms with Crippen LogP contribution in [-0.2, 0) is 19.4 Å². The summed E-state index contributed by atoms with van der Waals surface area (Å²) in [4.78, 5) is 2.33. The molecular formula is C17H27NO. The minimum atomic E-state index is 0.297. The van der Waals surface area contributed by atoms with Gasteiger partial charge in [-0.3, -0.25) is 0 Å². The van der Waals surface area contributed by atoms with Crippen LogP contribution in [0.3, 0.4) is 0 Å². The number of aliphatic hydroxyl groups excluding tert-OH is 1. The molecule has 2 heteroatoms. The van der Waals surface area contributed by atoms with Crippen LogP contribution in [0.5, 0.6) is 0 Å². The van der Waals surface area contributed by atoms with Gasteiger partial charge in [0.1, 0.15) is 0 Å². The Bertz CT molecular complexity index is 398. The zero-order valence-electron chi connectivity index (χ0n) is 12.4. The standard InChI is InChI=1S/C17H27NO/c1-3-14(13-19)11-18(2)12-15-8-9-16-6-4-5-7-17(16)10-15/h8-10,14,19H,3-7,11-13H2,1-2H3. The minimum Gasteiger partial charge on any atom is -0.396 e. The second kappa shape index (κ2) is 7.06. The third-order valence-corrected chi connectivity index (χ3v) is 4.27. The average molecular weight is 261 g/mol. The van der Waals surface area contributed by atoms with Crippen LogP contribution in [0.4, 0.5) is 0 Å². The molecule has 0 spiro atoms. The summed E-state index contributed by atoms with van der Waals surface area (Å²) in [7, 11) is 2.15. The Morgan fingerprint density at radius 1 is 1.21 bits per heavy atom. The molecule has 0 fully saturated rings. The summed E-state index contributed by atoms with van der Waals surface area (Å²) in [5.74, 6) is 0.405. The van der Waals surface area contributed by atoms with E-state index in [9.17, 15) is 5.11 Å². The number of aliphatic hydroxyl groups is 1. The molecular weight excluding hydrogens is 234 g/mol. The number of fused-ring (bicyclic) bond motifs is 1. The van der Waals surface area contributed by atoms with Gasteiger partial charge in [0.15, 0.2) is 0 Å². The molecule has 1 aliphatic rings. The molecule has 106 valence electrons. The molecule has 1 aliphatic carbocycles. The first-order valence-electron chi connectivity index (χ1n) is 7.63. The first kappa shape index (κ1) is 14.5. The molecule has 1 unspecified atom stereocenters. The number of nitrogens with zero attached hydrogens (tertiary/aromatic N) is 1. The van der Waals surface area contributed by atoms with Crippen molar-refractivity contribution in [2.75, 3.05) is 20.2 Å². The number of hydrogen-bond acceptors (Lipinski definition) is 2. The quantitative estimate of drug-likeness (QED) is 0.851. The molecule has 2 rings (SSSR count). The van der Waals surface area contributed by atoms with Crippen LogP contribution in [0.1, 0.15) is 42.9 Å². The van der Waals surface area contributed by atoms with Crippen molar-refractivity contribution in [3.63, 3.8) is 0 Å². The van der Waals surface area contributed by atoms with Gasteiger partial charge in [-0.15, -0.1) is 0 Å². The summed E-state index contributed by atoms with van der Waals surface area (Å²) in [6.45, 7) is 4.41. The Morgan fingerprint density at radius 3 is 2.63 bits per heavy atom. The van der Waals surface area contributed by atoms with Crippen LogP contribution < -0.4 is 0 Å². The van der Waals surface area contributed by atoms with Crippen LogP contribution in [0.25, 0.3) is 0 Å². The van der Waals surface area contributed by atoms with Crippen LogP contribution in [0.15, 0.2) is 18.2 Å². The van der Waals surface area contributed by atoms with Crippen molar-refractivity contribution in [1.82, 2.24) is 4.90 Å². The van der Waals surface area contributed by atoms with Gasteiger partial charge < -0.3 is 10.0 Å². The lowest BCUT2D eigenvalue weighted by atomic mass is 9.90. The summed E-state index contributed by atoms with van der Waals surface area (Å²) >= 11 is 0. The van der Waals surface area contributed by atoms with Gasteiger partial charge in [0.25, 0.3) is 0 Å². The molecule has 1 aromatic carbocycles. The maximum Gasteiger partial charge on any atom is 0.0471 e. The van der Waals surface area contributed by atoms with Crippen molar-refractivity contribution in [2.45, 2.75) is 45.6 Å². The van der Waals surface area contributed by atoms with Gasteiger partial charge in [-0.05, 0) is 61.8 Å². The Morgan fingerprint density at radius 2 is 1.95 bits per heavy atom. The van der Waals surface area contributed by atoms with Gasteiger partial charge in [-0.1, -0.05) is 25.1 Å². The van der Waals surface area contributed by atoms with E-state index in [4.69, 9.17) is 0 Å². The largest absolute Gasteiger partial charge is 0.396 e. The lowest BCUT2D eigenvalue weighted by Gasteiger charge is -2.23. The van der Waals surface area contributed by atoms with Gasteiger partial charge in [-0.25, -0.2) is 0 Å². The molecule has 0 saturated heterocycles. The zero-order chi connectivity index (χ0) is 13.7. The van der Waals surface area contributed by atoms with E-state index in [1.807, 2.05) is 0 Å². The van der Waals surface area contributed by atoms with E-state index in [1.54, 1.807) is 11.1 Å². The summed E-state index contributed by atoms with van der Waals surface area (Å²) in [6, 6.07) is 6.99. The predicted molar refractivity (Wildman–Crippen MR) is 80.3 cm³/mol. The molecule has 1 atom stereocenters. The van der Waals surface area contributed by atoms with Gasteiger partial charge in [0.2, 0.25) is 0 Å². The van der Waals surface area contributed by atoms with Crippen LogP contribution in [0, 0.1) is 5.92 Å². The molecule has 0 amide bonds. The molecule has 0 aromatic heterocycles. The topological polar surface area (TPSA) is 23.5 Å². The van der Waals surface area contributed by atoms with Crippen molar-refractivity contribution in [2.24, 2.45) is 5.92 Å². The van der Waals surface area contributed by atoms with Gasteiger partial charge in [-0.2, -0.15) is 0 Å². The third-order valence-electron chi connectivity index (χ3n) is 4.27. The Balaban J connectivity index is 1.95. The molecule has 1 aromatic rings. The first-order chi connectivity index (χ1) is 9.22. The Kier molecular flexibility index (Phi) is 5.41. The highest BCUT2D eigenvalue weighted by Crippen LogP contribution is 2.22. The fourth-order valence-electron chi connectivity index (χ4n) is 3.02. The van der Waals surface area contributed by atoms with E-state index in [-0.39, 0.29) is 0 Å². The SMILES string of the molecule is CCC(CO)CN(C)Cc1ccc2c(c1)CCCC2. The average Bonchev–Trinajstić information content (AvgIpc) is 2.44. The molecule has 1 N–H and O–H groups in total. The first-order valence-corrected chi connectivity index (χ1v) is 7.63. The maximum absolute atomic E-state index is 9.27. The smallest absolute Gasteiger partial charge is 0.0471 e. The molecule has 2 nitrogen and oxygen atoms in total. The monoisotopic (exact) mass is 261 g/mol. The fraction of sp³-hybridized carbons (Fsp3) is 0.647. The molecule has 19 heavy (non-hydrogen) atoms. The molecule has 0 saturated carbocycles. The summed E-state index contributed by atoms with van der Waals surface area (Å²) in [5, 5.41) is 9.27. The molecule has 0 bridgehead atoms. The summed E-state index contributed by atoms with van der Waals surface area (Å²) in [6.07, 6.45) is 6.25. The summed E-state index contributed by atoms with van der Waals surface area (Å²) < 4.78 is 0. The summed E-state index contributed by atoms with van der Waals surface area (Å²) in [5.41, 5.74) is 4.53. The lowest BCUT2D eigenvalue weighted by molar-refractivity contribution is 0.173. The van der Waals surface area contributed by atoms with Gasteiger partial charge in [0, 0.05) is 19.7 Å². The van der Waals surface area contributed by atoms with E-state index >= 15 is 0 Å². The van der Waals surface area contributed by atoms with E-state index in [0.29, 0.717) is 12.5 Å². The predicted octanol–water partition coefficient (Wildman–Crippen LogP) is 3.02. The second-order valence-electron chi connectivity index (χ2n) is 5.96. The maximum atomic E-state index is 9.27. The van der Waals surface area contributed by atoms with E-state index in [2.05, 4.69) is 37.1 Å². The number of rotatable bonds is 6. The zero-order valence-corrected chi connectivity index (χ0v) is 12.4. The fourth-order valence-corrected chi connectivity index (χ4v) is 3.02. The van der Waals surface area contributed by atoms with Crippen molar-refractivity contribution < 1.29 is 5.11 Å². The van der Waals surface area contributed by atoms with Crippen molar-refractivity contribution >= 4 is 0 Å². The van der Waals surface area contributed by atoms with E-state index in [0.717, 1.165) is 19.5 Å². The highest BCUT2D eigenvalue weighted by atomic mass is 16.3. The Labute approximate surface area is 117 Å². The Hall–Kier alpha value is -0.860. The van der Waals surface area contributed by atoms with Crippen LogP contribution in [0.2, 0.25) is 0 Å². The normalized spacial score (nSPS) is 16.4. The van der Waals surface area contributed by atoms with Crippen LogP contribution >= 0.6 is 0 Å². The van der Waals surface area contributed by atoms with Gasteiger partial charge >= 0.3 is 0 Å². The third kappa shape index (κ3) is 4.05. The molecule has 0 radical (unpaired) electrons. The highest BCUT2D eigenvalue weighted by Gasteiger charge is 2.12. The highest BCUT2D eigenvalue weighted by molar-refractivity contribution is 5.33. The van der Waals surface area contributed by atoms with Crippen molar-refractivity contribution in [3.05, 3.63) is 34.9 Å². The molecule has 0 aliphatic heterocycles. The van der Waals surface area contributed by atoms with Gasteiger partial charge in [0.05, 0.1) is 0 Å². The van der Waals surface area contributed by atoms with E-state index < -0.39 is 0 Å². The minimum absolute atomic E-state index is 0.297. The molecule has 0 heterocycles. The second-order valence-corrected chi connectivity index (χ2v) is 5.96. The lowest BCUT2D eigenvalue weighted by Crippen LogP contribution is -2.27. The number of benzene rings is 1. The van der Waals surface area contributed by atoms with E-state index in [1.165, 1.54) is 31.2 Å². The number of hydrogen-bond donors (Lipinski definition) is 1.